The van der Waals surface area contributed by atoms with Crippen LogP contribution < -0.4 is 11.1 Å². The summed E-state index contributed by atoms with van der Waals surface area (Å²) < 4.78 is 0. The molecule has 1 amide bonds. The van der Waals surface area contributed by atoms with E-state index in [1.54, 1.807) is 0 Å². The summed E-state index contributed by atoms with van der Waals surface area (Å²) in [5, 5.41) is 13.6. The molecule has 19 heavy (non-hydrogen) atoms. The molecule has 1 aromatic rings. The molecule has 1 atom stereocenters. The fraction of sp³-hybridized carbons (Fsp3) is 0.417. The highest BCUT2D eigenvalue weighted by Gasteiger charge is 2.16. The van der Waals surface area contributed by atoms with Gasteiger partial charge in [-0.15, -0.1) is 0 Å². The van der Waals surface area contributed by atoms with Crippen LogP contribution in [0.15, 0.2) is 18.2 Å². The van der Waals surface area contributed by atoms with E-state index in [9.17, 15) is 14.9 Å². The van der Waals surface area contributed by atoms with E-state index < -0.39 is 4.92 Å². The molecule has 1 unspecified atom stereocenters. The number of nitro benzene ring substituents is 1. The third kappa shape index (κ3) is 4.84. The fourth-order valence-corrected chi connectivity index (χ4v) is 1.64. The summed E-state index contributed by atoms with van der Waals surface area (Å²) in [4.78, 5) is 22.0. The Morgan fingerprint density at radius 1 is 1.58 bits per heavy atom. The number of nitrogens with zero attached hydrogens (tertiary/aromatic N) is 1. The van der Waals surface area contributed by atoms with Crippen molar-refractivity contribution in [1.82, 2.24) is 0 Å². The molecule has 0 aliphatic heterocycles. The molecule has 0 fully saturated rings. The van der Waals surface area contributed by atoms with Crippen LogP contribution in [0.1, 0.15) is 19.8 Å². The first-order valence-electron chi connectivity index (χ1n) is 5.88. The van der Waals surface area contributed by atoms with E-state index in [0.29, 0.717) is 13.0 Å². The number of anilines is 1. The Kier molecular flexibility index (Phi) is 5.72. The lowest BCUT2D eigenvalue weighted by atomic mass is 10.1. The van der Waals surface area contributed by atoms with E-state index in [1.807, 2.05) is 6.92 Å². The van der Waals surface area contributed by atoms with E-state index in [0.717, 1.165) is 0 Å². The van der Waals surface area contributed by atoms with Gasteiger partial charge in [0, 0.05) is 17.5 Å². The van der Waals surface area contributed by atoms with Crippen molar-refractivity contribution in [1.29, 1.82) is 0 Å². The standard InChI is InChI=1S/C12H16ClN3O3/c1-8(7-14)2-5-12(17)15-10-4-3-9(13)6-11(10)16(18)19/h3-4,6,8H,2,5,7,14H2,1H3,(H,15,17). The van der Waals surface area contributed by atoms with Crippen molar-refractivity contribution in [2.45, 2.75) is 19.8 Å². The minimum absolute atomic E-state index is 0.153. The molecule has 0 radical (unpaired) electrons. The average Bonchev–Trinajstić information content (AvgIpc) is 2.37. The van der Waals surface area contributed by atoms with E-state index in [4.69, 9.17) is 17.3 Å². The van der Waals surface area contributed by atoms with Crippen LogP contribution in [0, 0.1) is 16.0 Å². The number of halogens is 1. The average molecular weight is 286 g/mol. The van der Waals surface area contributed by atoms with E-state index in [2.05, 4.69) is 5.32 Å². The molecule has 0 aliphatic carbocycles. The van der Waals surface area contributed by atoms with Crippen molar-refractivity contribution in [3.63, 3.8) is 0 Å². The molecule has 3 N–H and O–H groups in total. The monoisotopic (exact) mass is 285 g/mol. The van der Waals surface area contributed by atoms with Gasteiger partial charge in [0.15, 0.2) is 0 Å². The van der Waals surface area contributed by atoms with Gasteiger partial charge in [-0.25, -0.2) is 0 Å². The molecule has 0 aliphatic rings. The number of amides is 1. The normalized spacial score (nSPS) is 11.9. The van der Waals surface area contributed by atoms with Crippen LogP contribution in [0.25, 0.3) is 0 Å². The Labute approximate surface area is 116 Å². The maximum Gasteiger partial charge on any atom is 0.294 e. The minimum atomic E-state index is -0.579. The maximum absolute atomic E-state index is 11.7. The molecule has 7 heteroatoms. The third-order valence-electron chi connectivity index (χ3n) is 2.70. The van der Waals surface area contributed by atoms with Crippen LogP contribution >= 0.6 is 11.6 Å². The molecule has 6 nitrogen and oxygen atoms in total. The molecule has 0 spiro atoms. The van der Waals surface area contributed by atoms with Gasteiger partial charge in [0.25, 0.3) is 5.69 Å². The van der Waals surface area contributed by atoms with Crippen LogP contribution in [0.2, 0.25) is 5.02 Å². The van der Waals surface area contributed by atoms with Crippen molar-refractivity contribution in [2.75, 3.05) is 11.9 Å². The lowest BCUT2D eigenvalue weighted by Crippen LogP contribution is -2.16. The molecule has 104 valence electrons. The quantitative estimate of drug-likeness (QED) is 0.620. The molecule has 1 rings (SSSR count). The first kappa shape index (κ1) is 15.4. The zero-order chi connectivity index (χ0) is 14.4. The van der Waals surface area contributed by atoms with Gasteiger partial charge in [0.05, 0.1) is 4.92 Å². The maximum atomic E-state index is 11.7. The van der Waals surface area contributed by atoms with Gasteiger partial charge in [-0.1, -0.05) is 18.5 Å². The SMILES string of the molecule is CC(CN)CCC(=O)Nc1ccc(Cl)cc1[N+](=O)[O-]. The van der Waals surface area contributed by atoms with Crippen LogP contribution in [0.5, 0.6) is 0 Å². The van der Waals surface area contributed by atoms with Gasteiger partial charge in [0.2, 0.25) is 5.91 Å². The number of hydrogen-bond acceptors (Lipinski definition) is 4. The van der Waals surface area contributed by atoms with E-state index in [1.165, 1.54) is 18.2 Å². The van der Waals surface area contributed by atoms with Gasteiger partial charge >= 0.3 is 0 Å². The molecular formula is C12H16ClN3O3. The summed E-state index contributed by atoms with van der Waals surface area (Å²) in [6.07, 6.45) is 0.919. The van der Waals surface area contributed by atoms with Gasteiger partial charge < -0.3 is 11.1 Å². The van der Waals surface area contributed by atoms with Crippen LogP contribution in [0.4, 0.5) is 11.4 Å². The molecule has 0 aromatic heterocycles. The predicted molar refractivity (Wildman–Crippen MR) is 74.2 cm³/mol. The number of hydrogen-bond donors (Lipinski definition) is 2. The van der Waals surface area contributed by atoms with Crippen molar-refractivity contribution in [2.24, 2.45) is 11.7 Å². The summed E-state index contributed by atoms with van der Waals surface area (Å²) in [6, 6.07) is 4.12. The van der Waals surface area contributed by atoms with Gasteiger partial charge in [-0.05, 0) is 31.0 Å². The second-order valence-electron chi connectivity index (χ2n) is 4.35. The third-order valence-corrected chi connectivity index (χ3v) is 2.93. The smallest absolute Gasteiger partial charge is 0.294 e. The summed E-state index contributed by atoms with van der Waals surface area (Å²) in [7, 11) is 0. The number of rotatable bonds is 6. The van der Waals surface area contributed by atoms with Crippen LogP contribution in [-0.2, 0) is 4.79 Å². The van der Waals surface area contributed by atoms with Crippen LogP contribution in [0.3, 0.4) is 0 Å². The highest BCUT2D eigenvalue weighted by Crippen LogP contribution is 2.27. The van der Waals surface area contributed by atoms with Crippen LogP contribution in [-0.4, -0.2) is 17.4 Å². The summed E-state index contributed by atoms with van der Waals surface area (Å²) in [5.74, 6) is -0.0309. The number of benzene rings is 1. The summed E-state index contributed by atoms with van der Waals surface area (Å²) >= 11 is 5.69. The Bertz CT molecular complexity index is 479. The Hall–Kier alpha value is -1.66. The van der Waals surface area contributed by atoms with Crippen molar-refractivity contribution in [3.05, 3.63) is 33.3 Å². The fourth-order valence-electron chi connectivity index (χ4n) is 1.47. The van der Waals surface area contributed by atoms with E-state index in [-0.39, 0.29) is 34.6 Å². The van der Waals surface area contributed by atoms with Gasteiger partial charge in [-0.2, -0.15) is 0 Å². The van der Waals surface area contributed by atoms with Crippen molar-refractivity contribution < 1.29 is 9.72 Å². The number of nitro groups is 1. The summed E-state index contributed by atoms with van der Waals surface area (Å²) in [5.41, 5.74) is 5.39. The molecule has 0 saturated carbocycles. The Balaban J connectivity index is 2.71. The van der Waals surface area contributed by atoms with Gasteiger partial charge in [-0.3, -0.25) is 14.9 Å². The predicted octanol–water partition coefficient (Wildman–Crippen LogP) is 2.56. The van der Waals surface area contributed by atoms with Crippen molar-refractivity contribution >= 4 is 28.9 Å². The lowest BCUT2D eigenvalue weighted by molar-refractivity contribution is -0.383. The Morgan fingerprint density at radius 2 is 2.26 bits per heavy atom. The van der Waals surface area contributed by atoms with E-state index >= 15 is 0 Å². The zero-order valence-corrected chi connectivity index (χ0v) is 11.3. The number of nitrogens with two attached hydrogens (primary N) is 1. The first-order valence-corrected chi connectivity index (χ1v) is 6.25. The molecule has 0 saturated heterocycles. The molecular weight excluding hydrogens is 270 g/mol. The number of carbonyl (C=O) groups is 1. The second-order valence-corrected chi connectivity index (χ2v) is 4.78. The van der Waals surface area contributed by atoms with Gasteiger partial charge in [0.1, 0.15) is 5.69 Å². The Morgan fingerprint density at radius 3 is 2.84 bits per heavy atom. The number of nitrogens with one attached hydrogen (secondary N) is 1. The molecule has 0 bridgehead atoms. The zero-order valence-electron chi connectivity index (χ0n) is 10.6. The second kappa shape index (κ2) is 7.06. The first-order chi connectivity index (χ1) is 8.93. The number of carbonyl (C=O) groups excluding carboxylic acids is 1. The molecule has 0 heterocycles. The largest absolute Gasteiger partial charge is 0.330 e. The van der Waals surface area contributed by atoms with Crippen molar-refractivity contribution in [3.8, 4) is 0 Å². The minimum Gasteiger partial charge on any atom is -0.330 e. The highest BCUT2D eigenvalue weighted by atomic mass is 35.5. The highest BCUT2D eigenvalue weighted by molar-refractivity contribution is 6.31. The summed E-state index contributed by atoms with van der Waals surface area (Å²) in [6.45, 7) is 2.45. The lowest BCUT2D eigenvalue weighted by Gasteiger charge is -2.09. The topological polar surface area (TPSA) is 98.3 Å². The molecule has 1 aromatic carbocycles.